The maximum Gasteiger partial charge on any atom is 0.219 e. The summed E-state index contributed by atoms with van der Waals surface area (Å²) in [6.45, 7) is 7.20. The molecule has 3 aliphatic heterocycles. The Kier molecular flexibility index (Phi) is 6.76. The molecule has 3 aliphatic rings. The number of carbonyl (C=O) groups is 1. The van der Waals surface area contributed by atoms with E-state index in [1.807, 2.05) is 43.2 Å². The molecule has 3 rings (SSSR count). The number of carbonyl (C=O) groups excluding carboxylic acids is 1. The van der Waals surface area contributed by atoms with Gasteiger partial charge in [0.1, 0.15) is 11.7 Å². The van der Waals surface area contributed by atoms with Gasteiger partial charge in [-0.1, -0.05) is 13.8 Å². The fourth-order valence-electron chi connectivity index (χ4n) is 3.57. The Morgan fingerprint density at radius 2 is 2.20 bits per heavy atom. The molecule has 0 saturated carbocycles. The van der Waals surface area contributed by atoms with Crippen LogP contribution in [0.15, 0.2) is 64.0 Å². The number of dihydropyridines is 2. The Morgan fingerprint density at radius 1 is 1.40 bits per heavy atom. The molecule has 6 N–H and O–H groups in total. The molecule has 1 amide bonds. The van der Waals surface area contributed by atoms with Crippen LogP contribution in [0.2, 0.25) is 0 Å². The second-order valence-corrected chi connectivity index (χ2v) is 7.99. The highest BCUT2D eigenvalue weighted by molar-refractivity contribution is 5.97. The van der Waals surface area contributed by atoms with Crippen molar-refractivity contribution in [3.05, 3.63) is 59.0 Å². The van der Waals surface area contributed by atoms with E-state index >= 15 is 0 Å². The second kappa shape index (κ2) is 9.47. The van der Waals surface area contributed by atoms with E-state index in [4.69, 9.17) is 11.1 Å². The van der Waals surface area contributed by atoms with Gasteiger partial charge in [0, 0.05) is 38.5 Å². The first-order valence-electron chi connectivity index (χ1n) is 10.3. The number of amides is 1. The van der Waals surface area contributed by atoms with Gasteiger partial charge >= 0.3 is 0 Å². The van der Waals surface area contributed by atoms with Gasteiger partial charge in [-0.15, -0.1) is 0 Å². The van der Waals surface area contributed by atoms with Crippen LogP contribution < -0.4 is 21.7 Å². The van der Waals surface area contributed by atoms with Crippen molar-refractivity contribution in [2.75, 3.05) is 13.1 Å². The highest BCUT2D eigenvalue weighted by Gasteiger charge is 2.23. The van der Waals surface area contributed by atoms with Crippen LogP contribution in [0.1, 0.15) is 33.6 Å². The molecular formula is C22H31N7O. The highest BCUT2D eigenvalue weighted by atomic mass is 16.2. The predicted molar refractivity (Wildman–Crippen MR) is 120 cm³/mol. The number of hydrogen-bond acceptors (Lipinski definition) is 6. The number of hydrogen-bond donors (Lipinski definition) is 5. The number of aliphatic imine (C=N–C) groups is 1. The first-order chi connectivity index (χ1) is 14.4. The summed E-state index contributed by atoms with van der Waals surface area (Å²) in [6.07, 6.45) is 12.8. The van der Waals surface area contributed by atoms with Gasteiger partial charge in [0.2, 0.25) is 5.91 Å². The van der Waals surface area contributed by atoms with E-state index in [0.717, 1.165) is 48.6 Å². The lowest BCUT2D eigenvalue weighted by Crippen LogP contribution is -2.47. The number of allylic oxidation sites excluding steroid dienone is 4. The number of nitrogens with one attached hydrogen (secondary N) is 4. The number of piperidine rings is 1. The van der Waals surface area contributed by atoms with E-state index in [0.29, 0.717) is 11.7 Å². The van der Waals surface area contributed by atoms with Crippen LogP contribution in [0, 0.1) is 11.3 Å². The Hall–Kier alpha value is -3.29. The molecule has 8 nitrogen and oxygen atoms in total. The van der Waals surface area contributed by atoms with Gasteiger partial charge in [0.25, 0.3) is 0 Å². The minimum atomic E-state index is 0.123. The Balaban J connectivity index is 1.67. The van der Waals surface area contributed by atoms with E-state index in [1.165, 1.54) is 6.21 Å². The second-order valence-electron chi connectivity index (χ2n) is 7.99. The van der Waals surface area contributed by atoms with Gasteiger partial charge in [-0.05, 0) is 48.6 Å². The number of fused-ring (bicyclic) bond motifs is 1. The molecule has 1 atom stereocenters. The van der Waals surface area contributed by atoms with E-state index in [-0.39, 0.29) is 17.9 Å². The number of likely N-dealkylation sites (tertiary alicyclic amines) is 1. The van der Waals surface area contributed by atoms with Crippen LogP contribution in [0.3, 0.4) is 0 Å². The fraction of sp³-hybridized carbons (Fsp3) is 0.409. The summed E-state index contributed by atoms with van der Waals surface area (Å²) >= 11 is 0. The van der Waals surface area contributed by atoms with Crippen molar-refractivity contribution >= 4 is 18.0 Å². The average molecular weight is 410 g/mol. The van der Waals surface area contributed by atoms with Crippen LogP contribution in [-0.4, -0.2) is 42.0 Å². The summed E-state index contributed by atoms with van der Waals surface area (Å²) in [4.78, 5) is 18.0. The van der Waals surface area contributed by atoms with E-state index in [9.17, 15) is 4.79 Å². The monoisotopic (exact) mass is 409 g/mol. The SMILES string of the molecule is CC(=O)N1CCCC(NC2=CNC3=CC=C(N=C(N)C=C(C=N)C(C)C)NC3=C2)C1. The third-order valence-electron chi connectivity index (χ3n) is 5.28. The third kappa shape index (κ3) is 5.40. The van der Waals surface area contributed by atoms with Crippen LogP contribution in [-0.2, 0) is 4.79 Å². The zero-order chi connectivity index (χ0) is 21.7. The summed E-state index contributed by atoms with van der Waals surface area (Å²) in [5, 5.41) is 17.6. The van der Waals surface area contributed by atoms with Crippen molar-refractivity contribution in [3.8, 4) is 0 Å². The molecular weight excluding hydrogens is 378 g/mol. The van der Waals surface area contributed by atoms with Crippen molar-refractivity contribution in [2.24, 2.45) is 16.6 Å². The molecule has 8 heteroatoms. The molecule has 0 bridgehead atoms. The summed E-state index contributed by atoms with van der Waals surface area (Å²) in [5.41, 5.74) is 9.67. The van der Waals surface area contributed by atoms with Gasteiger partial charge in [-0.3, -0.25) is 4.79 Å². The molecule has 0 aliphatic carbocycles. The number of amidine groups is 1. The van der Waals surface area contributed by atoms with E-state index in [2.05, 4.69) is 20.9 Å². The summed E-state index contributed by atoms with van der Waals surface area (Å²) in [7, 11) is 0. The summed E-state index contributed by atoms with van der Waals surface area (Å²) < 4.78 is 0. The van der Waals surface area contributed by atoms with Gasteiger partial charge in [-0.25, -0.2) is 4.99 Å². The lowest BCUT2D eigenvalue weighted by Gasteiger charge is -2.34. The van der Waals surface area contributed by atoms with Crippen LogP contribution in [0.5, 0.6) is 0 Å². The number of nitrogens with zero attached hydrogens (tertiary/aromatic N) is 2. The molecule has 160 valence electrons. The molecule has 3 heterocycles. The minimum Gasteiger partial charge on any atom is -0.384 e. The molecule has 0 aromatic heterocycles. The largest absolute Gasteiger partial charge is 0.384 e. The predicted octanol–water partition coefficient (Wildman–Crippen LogP) is 1.83. The fourth-order valence-corrected chi connectivity index (χ4v) is 3.57. The standard InChI is InChI=1S/C22H31N7O/c1-14(2)16(11-23)9-21(24)28-22-7-6-19-20(27-22)10-18(12-25-19)26-17-5-4-8-29(13-17)15(3)30/h6-7,9-12,14,17,23,25-27H,4-5,8,13H2,1-3H3,(H2,24,28). The minimum absolute atomic E-state index is 0.123. The molecule has 0 aromatic rings. The molecule has 1 unspecified atom stereocenters. The quantitative estimate of drug-likeness (QED) is 0.339. The molecule has 30 heavy (non-hydrogen) atoms. The van der Waals surface area contributed by atoms with Gasteiger partial charge in [0.15, 0.2) is 0 Å². The third-order valence-corrected chi connectivity index (χ3v) is 5.28. The van der Waals surface area contributed by atoms with E-state index in [1.54, 1.807) is 13.0 Å². The van der Waals surface area contributed by atoms with Crippen LogP contribution in [0.25, 0.3) is 0 Å². The van der Waals surface area contributed by atoms with Crippen molar-refractivity contribution in [1.29, 1.82) is 5.41 Å². The molecule has 0 aromatic carbocycles. The molecule has 0 radical (unpaired) electrons. The average Bonchev–Trinajstić information content (AvgIpc) is 2.71. The number of rotatable bonds is 6. The van der Waals surface area contributed by atoms with Crippen molar-refractivity contribution < 1.29 is 4.79 Å². The smallest absolute Gasteiger partial charge is 0.219 e. The van der Waals surface area contributed by atoms with Crippen molar-refractivity contribution in [1.82, 2.24) is 20.9 Å². The maximum atomic E-state index is 11.7. The molecule has 1 saturated heterocycles. The summed E-state index contributed by atoms with van der Waals surface area (Å²) in [5.74, 6) is 1.31. The van der Waals surface area contributed by atoms with E-state index < -0.39 is 0 Å². The topological polar surface area (TPSA) is 119 Å². The summed E-state index contributed by atoms with van der Waals surface area (Å²) in [6, 6.07) is 0.228. The van der Waals surface area contributed by atoms with Crippen LogP contribution >= 0.6 is 0 Å². The lowest BCUT2D eigenvalue weighted by atomic mass is 10.0. The Bertz CT molecular complexity index is 889. The van der Waals surface area contributed by atoms with Crippen molar-refractivity contribution in [2.45, 2.75) is 39.7 Å². The van der Waals surface area contributed by atoms with Crippen LogP contribution in [0.4, 0.5) is 0 Å². The normalized spacial score (nSPS) is 22.0. The first-order valence-corrected chi connectivity index (χ1v) is 10.3. The van der Waals surface area contributed by atoms with Gasteiger partial charge in [0.05, 0.1) is 17.1 Å². The highest BCUT2D eigenvalue weighted by Crippen LogP contribution is 2.20. The van der Waals surface area contributed by atoms with Crippen molar-refractivity contribution in [3.63, 3.8) is 0 Å². The lowest BCUT2D eigenvalue weighted by molar-refractivity contribution is -0.130. The van der Waals surface area contributed by atoms with Gasteiger partial charge < -0.3 is 32.0 Å². The Labute approximate surface area is 177 Å². The number of nitrogens with two attached hydrogens (primary N) is 1. The molecule has 0 spiro atoms. The molecule has 1 fully saturated rings. The zero-order valence-corrected chi connectivity index (χ0v) is 17.8. The Morgan fingerprint density at radius 3 is 2.90 bits per heavy atom. The first kappa shape index (κ1) is 21.4. The zero-order valence-electron chi connectivity index (χ0n) is 17.8. The maximum absolute atomic E-state index is 11.7. The van der Waals surface area contributed by atoms with Gasteiger partial charge in [-0.2, -0.15) is 0 Å².